The minimum atomic E-state index is -3.79. The first-order valence-electron chi connectivity index (χ1n) is 20.8. The molecule has 0 radical (unpaired) electrons. The maximum atomic E-state index is 13.5. The van der Waals surface area contributed by atoms with E-state index in [4.69, 9.17) is 34.9 Å². The SMILES string of the molecule is CC(C)(C)c1nc2cc(S(=O)(=O)Cl)ccc2n1CC1CCOCC1.CC(C)(C)c1nc2cc(S(=O)(=O)N3CCOC(C(=O)NC4CC4)C3)ccc2n1CC1CCOCC1. The number of halogens is 1. The summed E-state index contributed by atoms with van der Waals surface area (Å²) in [6.07, 6.45) is 5.27. The average molecular weight is 876 g/mol. The Morgan fingerprint density at radius 3 is 1.66 bits per heavy atom. The van der Waals surface area contributed by atoms with E-state index in [2.05, 4.69) is 56.0 Å². The molecule has 2 aromatic heterocycles. The molecule has 3 saturated heterocycles. The predicted octanol–water partition coefficient (Wildman–Crippen LogP) is 6.12. The third-order valence-corrected chi connectivity index (χ3v) is 14.7. The molecule has 4 aliphatic rings. The molecule has 1 unspecified atom stereocenters. The van der Waals surface area contributed by atoms with Crippen molar-refractivity contribution in [2.45, 2.75) is 126 Å². The molecule has 14 nitrogen and oxygen atoms in total. The fourth-order valence-electron chi connectivity index (χ4n) is 8.09. The highest BCUT2D eigenvalue weighted by molar-refractivity contribution is 8.13. The number of hydrogen-bond donors (Lipinski definition) is 1. The van der Waals surface area contributed by atoms with Crippen molar-refractivity contribution in [1.29, 1.82) is 0 Å². The Morgan fingerprint density at radius 2 is 1.20 bits per heavy atom. The fraction of sp³-hybridized carbons (Fsp3) is 0.643. The molecule has 8 rings (SSSR count). The maximum absolute atomic E-state index is 13.5. The number of nitrogens with zero attached hydrogens (tertiary/aromatic N) is 5. The van der Waals surface area contributed by atoms with E-state index < -0.39 is 25.2 Å². The van der Waals surface area contributed by atoms with Crippen LogP contribution in [-0.2, 0) is 62.0 Å². The summed E-state index contributed by atoms with van der Waals surface area (Å²) in [4.78, 5) is 22.4. The summed E-state index contributed by atoms with van der Waals surface area (Å²) < 4.78 is 72.7. The summed E-state index contributed by atoms with van der Waals surface area (Å²) in [5, 5.41) is 2.91. The van der Waals surface area contributed by atoms with Gasteiger partial charge in [-0.3, -0.25) is 4.79 Å². The highest BCUT2D eigenvalue weighted by Crippen LogP contribution is 2.33. The number of nitrogens with one attached hydrogen (secondary N) is 1. The van der Waals surface area contributed by atoms with Crippen molar-refractivity contribution in [3.05, 3.63) is 48.0 Å². The van der Waals surface area contributed by atoms with E-state index in [1.807, 2.05) is 12.1 Å². The van der Waals surface area contributed by atoms with Gasteiger partial charge in [0, 0.05) is 80.2 Å². The summed E-state index contributed by atoms with van der Waals surface area (Å²) in [5.74, 6) is 2.75. The Kier molecular flexibility index (Phi) is 12.9. The lowest BCUT2D eigenvalue weighted by molar-refractivity contribution is -0.136. The van der Waals surface area contributed by atoms with Gasteiger partial charge in [0.25, 0.3) is 15.0 Å². The molecule has 3 aliphatic heterocycles. The van der Waals surface area contributed by atoms with Crippen molar-refractivity contribution in [3.8, 4) is 0 Å². The van der Waals surface area contributed by atoms with Crippen LogP contribution in [0, 0.1) is 11.8 Å². The van der Waals surface area contributed by atoms with Gasteiger partial charge in [0.15, 0.2) is 0 Å². The summed E-state index contributed by atoms with van der Waals surface area (Å²) in [5.41, 5.74) is 2.94. The zero-order valence-corrected chi connectivity index (χ0v) is 37.5. The molecule has 5 heterocycles. The molecule has 59 heavy (non-hydrogen) atoms. The molecular formula is C42H59ClN6O8S2. The zero-order valence-electron chi connectivity index (χ0n) is 35.1. The lowest BCUT2D eigenvalue weighted by Crippen LogP contribution is -2.51. The summed E-state index contributed by atoms with van der Waals surface area (Å²) in [6.45, 7) is 18.1. The van der Waals surface area contributed by atoms with Gasteiger partial charge in [-0.05, 0) is 86.8 Å². The molecular weight excluding hydrogens is 816 g/mol. The van der Waals surface area contributed by atoms with Crippen molar-refractivity contribution in [2.75, 3.05) is 46.1 Å². The molecule has 0 bridgehead atoms. The van der Waals surface area contributed by atoms with Crippen LogP contribution in [0.4, 0.5) is 0 Å². The van der Waals surface area contributed by atoms with Crippen molar-refractivity contribution in [2.24, 2.45) is 11.8 Å². The monoisotopic (exact) mass is 874 g/mol. The van der Waals surface area contributed by atoms with Crippen molar-refractivity contribution < 1.29 is 35.8 Å². The van der Waals surface area contributed by atoms with Gasteiger partial charge in [-0.25, -0.2) is 26.8 Å². The number of sulfonamides is 1. The predicted molar refractivity (Wildman–Crippen MR) is 227 cm³/mol. The summed E-state index contributed by atoms with van der Waals surface area (Å²) in [6, 6.07) is 10.4. The minimum Gasteiger partial charge on any atom is -0.381 e. The van der Waals surface area contributed by atoms with Gasteiger partial charge >= 0.3 is 0 Å². The molecule has 17 heteroatoms. The van der Waals surface area contributed by atoms with Gasteiger partial charge in [0.1, 0.15) is 17.8 Å². The third kappa shape index (κ3) is 10.3. The van der Waals surface area contributed by atoms with Crippen LogP contribution in [0.5, 0.6) is 0 Å². The number of morpholine rings is 1. The fourth-order valence-corrected chi connectivity index (χ4v) is 10.3. The minimum absolute atomic E-state index is 0.0182. The van der Waals surface area contributed by atoms with Gasteiger partial charge in [0.2, 0.25) is 10.0 Å². The summed E-state index contributed by atoms with van der Waals surface area (Å²) >= 11 is 0. The molecule has 1 aliphatic carbocycles. The standard InChI is InChI=1S/C25H36N4O5S.C17H23ClN2O3S/c1-25(2,3)24-27-20-14-19(6-7-21(20)29(24)15-17-8-11-33-12-9-17)35(31,32)28-10-13-34-22(16-28)23(30)26-18-4-5-18;1-17(2,3)16-19-14-10-13(24(18,21)22)4-5-15(14)20(16)11-12-6-8-23-9-7-12/h6-7,14,17-18,22H,4-5,8-13,15-16H2,1-3H3,(H,26,30);4-5,10,12H,6-9,11H2,1-3H3. The number of ether oxygens (including phenoxy) is 3. The van der Waals surface area contributed by atoms with Gasteiger partial charge in [-0.2, -0.15) is 4.31 Å². The van der Waals surface area contributed by atoms with Crippen LogP contribution in [0.25, 0.3) is 22.1 Å². The van der Waals surface area contributed by atoms with Crippen molar-refractivity contribution in [3.63, 3.8) is 0 Å². The first kappa shape index (κ1) is 44.0. The van der Waals surface area contributed by atoms with Gasteiger partial charge < -0.3 is 28.7 Å². The smallest absolute Gasteiger partial charge is 0.261 e. The number of benzene rings is 2. The van der Waals surface area contributed by atoms with E-state index >= 15 is 0 Å². The van der Waals surface area contributed by atoms with Crippen LogP contribution in [0.3, 0.4) is 0 Å². The molecule has 324 valence electrons. The number of carbonyl (C=O) groups excluding carboxylic acids is 1. The van der Waals surface area contributed by atoms with E-state index in [1.54, 1.807) is 24.3 Å². The normalized spacial score (nSPS) is 20.8. The van der Waals surface area contributed by atoms with Crippen LogP contribution in [-0.4, -0.2) is 104 Å². The van der Waals surface area contributed by atoms with E-state index in [0.717, 1.165) is 101 Å². The van der Waals surface area contributed by atoms with E-state index in [1.165, 1.54) is 4.31 Å². The summed E-state index contributed by atoms with van der Waals surface area (Å²) in [7, 11) is -2.07. The molecule has 1 atom stereocenters. The molecule has 1 N–H and O–H groups in total. The van der Waals surface area contributed by atoms with Crippen LogP contribution in [0.2, 0.25) is 0 Å². The van der Waals surface area contributed by atoms with Crippen LogP contribution in [0.15, 0.2) is 46.2 Å². The molecule has 4 fully saturated rings. The number of hydrogen-bond acceptors (Lipinski definition) is 10. The van der Waals surface area contributed by atoms with Gasteiger partial charge in [0.05, 0.1) is 38.5 Å². The molecule has 1 saturated carbocycles. The second-order valence-corrected chi connectivity index (χ2v) is 23.0. The Bertz CT molecular complexity index is 2370. The second kappa shape index (κ2) is 17.3. The molecule has 0 spiro atoms. The number of aromatic nitrogens is 4. The van der Waals surface area contributed by atoms with Crippen LogP contribution < -0.4 is 5.32 Å². The number of rotatable bonds is 9. The Morgan fingerprint density at radius 1 is 0.729 bits per heavy atom. The van der Waals surface area contributed by atoms with Gasteiger partial charge in [-0.15, -0.1) is 0 Å². The topological polar surface area (TPSA) is 164 Å². The Balaban J connectivity index is 0.000000192. The van der Waals surface area contributed by atoms with E-state index in [9.17, 15) is 21.6 Å². The number of imidazole rings is 2. The first-order valence-corrected chi connectivity index (χ1v) is 24.6. The molecule has 2 aromatic carbocycles. The number of amides is 1. The lowest BCUT2D eigenvalue weighted by atomic mass is 9.94. The average Bonchev–Trinajstić information content (AvgIpc) is 3.82. The van der Waals surface area contributed by atoms with Crippen LogP contribution in [0.1, 0.15) is 91.7 Å². The highest BCUT2D eigenvalue weighted by atomic mass is 35.7. The number of fused-ring (bicyclic) bond motifs is 2. The highest BCUT2D eigenvalue weighted by Gasteiger charge is 2.37. The Hall–Kier alpha value is -3.12. The largest absolute Gasteiger partial charge is 0.381 e. The second-order valence-electron chi connectivity index (χ2n) is 18.4. The van der Waals surface area contributed by atoms with Gasteiger partial charge in [-0.1, -0.05) is 41.5 Å². The quantitative estimate of drug-likeness (QED) is 0.194. The zero-order chi connectivity index (χ0) is 42.3. The lowest BCUT2D eigenvalue weighted by Gasteiger charge is -2.31. The number of carbonyl (C=O) groups is 1. The molecule has 1 amide bonds. The first-order chi connectivity index (χ1) is 27.8. The Labute approximate surface area is 352 Å². The van der Waals surface area contributed by atoms with E-state index in [0.29, 0.717) is 22.9 Å². The maximum Gasteiger partial charge on any atom is 0.261 e. The molecule has 4 aromatic rings. The van der Waals surface area contributed by atoms with E-state index in [-0.39, 0.29) is 52.3 Å². The van der Waals surface area contributed by atoms with Crippen molar-refractivity contribution >= 4 is 57.7 Å². The van der Waals surface area contributed by atoms with Crippen LogP contribution >= 0.6 is 10.7 Å². The third-order valence-electron chi connectivity index (χ3n) is 11.5. The van der Waals surface area contributed by atoms with Crippen molar-refractivity contribution in [1.82, 2.24) is 28.7 Å².